The Kier molecular flexibility index (Phi) is 6.21. The molecule has 0 N–H and O–H groups in total. The van der Waals surface area contributed by atoms with Gasteiger partial charge in [0.25, 0.3) is 0 Å². The molecule has 0 spiro atoms. The molecule has 2 bridgehead atoms. The van der Waals surface area contributed by atoms with Crippen LogP contribution in [0.2, 0.25) is 0 Å². The first kappa shape index (κ1) is 20.1. The molecule has 0 aromatic carbocycles. The Labute approximate surface area is 171 Å². The smallest absolute Gasteiger partial charge is 0.225 e. The maximum atomic E-state index is 4.86. The number of hydrogen-bond acceptors (Lipinski definition) is 5. The zero-order chi connectivity index (χ0) is 19.7. The van der Waals surface area contributed by atoms with Crippen LogP contribution in [0, 0.1) is 5.92 Å². The molecule has 4 rings (SSSR count). The molecule has 1 aromatic rings. The highest BCUT2D eigenvalue weighted by Crippen LogP contribution is 2.35. The van der Waals surface area contributed by atoms with Crippen molar-refractivity contribution in [1.29, 1.82) is 0 Å². The largest absolute Gasteiger partial charge is 0.332 e. The second kappa shape index (κ2) is 8.66. The lowest BCUT2D eigenvalue weighted by atomic mass is 9.91. The van der Waals surface area contributed by atoms with Gasteiger partial charge in [0.05, 0.1) is 0 Å². The van der Waals surface area contributed by atoms with Crippen molar-refractivity contribution in [2.24, 2.45) is 5.92 Å². The van der Waals surface area contributed by atoms with E-state index in [0.717, 1.165) is 11.9 Å². The fourth-order valence-corrected chi connectivity index (χ4v) is 5.52. The van der Waals surface area contributed by atoms with Crippen molar-refractivity contribution in [3.05, 3.63) is 18.0 Å². The van der Waals surface area contributed by atoms with Crippen LogP contribution in [-0.4, -0.2) is 70.6 Å². The van der Waals surface area contributed by atoms with Crippen molar-refractivity contribution < 1.29 is 0 Å². The molecule has 0 aliphatic carbocycles. The number of hydrogen-bond donors (Lipinski definition) is 0. The lowest BCUT2D eigenvalue weighted by molar-refractivity contribution is 0.162. The molecule has 0 amide bonds. The van der Waals surface area contributed by atoms with Crippen LogP contribution in [0.15, 0.2) is 12.4 Å². The van der Waals surface area contributed by atoms with E-state index in [1.54, 1.807) is 0 Å². The van der Waals surface area contributed by atoms with E-state index in [4.69, 9.17) is 9.97 Å². The number of nitrogens with zero attached hydrogens (tertiary/aromatic N) is 5. The van der Waals surface area contributed by atoms with Gasteiger partial charge >= 0.3 is 0 Å². The standard InChI is InChI=1S/C23H39N5/c1-5-18(4)27-15-21-6-7-22(16-27)28(21)23-24-12-20(13-25-23)19-8-10-26(11-9-19)14-17(2)3/h12-13,17-19,21-22H,5-11,14-16H2,1-4H3. The fourth-order valence-electron chi connectivity index (χ4n) is 5.52. The summed E-state index contributed by atoms with van der Waals surface area (Å²) < 4.78 is 0. The summed E-state index contributed by atoms with van der Waals surface area (Å²) in [7, 11) is 0. The second-order valence-corrected chi connectivity index (χ2v) is 9.79. The fraction of sp³-hybridized carbons (Fsp3) is 0.826. The van der Waals surface area contributed by atoms with Crippen LogP contribution in [0.25, 0.3) is 0 Å². The Morgan fingerprint density at radius 1 is 0.964 bits per heavy atom. The molecule has 156 valence electrons. The van der Waals surface area contributed by atoms with Crippen LogP contribution in [0.1, 0.15) is 71.3 Å². The lowest BCUT2D eigenvalue weighted by Crippen LogP contribution is -2.56. The molecule has 3 saturated heterocycles. The Bertz CT molecular complexity index is 608. The molecule has 3 aliphatic rings. The van der Waals surface area contributed by atoms with Crippen molar-refractivity contribution in [1.82, 2.24) is 19.8 Å². The minimum atomic E-state index is 0.595. The summed E-state index contributed by atoms with van der Waals surface area (Å²) in [5, 5.41) is 0. The molecule has 4 heterocycles. The van der Waals surface area contributed by atoms with E-state index in [1.165, 1.54) is 70.4 Å². The highest BCUT2D eigenvalue weighted by molar-refractivity contribution is 5.38. The summed E-state index contributed by atoms with van der Waals surface area (Å²) in [6, 6.07) is 1.88. The van der Waals surface area contributed by atoms with Gasteiger partial charge in [-0.05, 0) is 69.5 Å². The summed E-state index contributed by atoms with van der Waals surface area (Å²) in [6.45, 7) is 15.3. The summed E-state index contributed by atoms with van der Waals surface area (Å²) in [4.78, 5) is 17.5. The first-order chi connectivity index (χ1) is 13.5. The zero-order valence-electron chi connectivity index (χ0n) is 18.3. The van der Waals surface area contributed by atoms with Gasteiger partial charge in [-0.15, -0.1) is 0 Å². The first-order valence-corrected chi connectivity index (χ1v) is 11.6. The van der Waals surface area contributed by atoms with Gasteiger partial charge in [-0.2, -0.15) is 0 Å². The molecule has 1 aromatic heterocycles. The SMILES string of the molecule is CCC(C)N1CC2CCC(C1)N2c1ncc(C2CCN(CC(C)C)CC2)cn1. The van der Waals surface area contributed by atoms with E-state index in [9.17, 15) is 0 Å². The second-order valence-electron chi connectivity index (χ2n) is 9.79. The van der Waals surface area contributed by atoms with E-state index < -0.39 is 0 Å². The quantitative estimate of drug-likeness (QED) is 0.745. The van der Waals surface area contributed by atoms with Crippen LogP contribution in [0.5, 0.6) is 0 Å². The monoisotopic (exact) mass is 385 g/mol. The highest BCUT2D eigenvalue weighted by atomic mass is 15.4. The van der Waals surface area contributed by atoms with Gasteiger partial charge in [-0.3, -0.25) is 4.90 Å². The van der Waals surface area contributed by atoms with Gasteiger partial charge in [0, 0.05) is 50.2 Å². The van der Waals surface area contributed by atoms with E-state index >= 15 is 0 Å². The number of piperazine rings is 1. The number of rotatable bonds is 6. The van der Waals surface area contributed by atoms with Crippen LogP contribution >= 0.6 is 0 Å². The average molecular weight is 386 g/mol. The highest BCUT2D eigenvalue weighted by Gasteiger charge is 2.42. The Balaban J connectivity index is 1.37. The van der Waals surface area contributed by atoms with E-state index in [-0.39, 0.29) is 0 Å². The topological polar surface area (TPSA) is 35.5 Å². The van der Waals surface area contributed by atoms with Crippen LogP contribution in [0.3, 0.4) is 0 Å². The molecule has 5 nitrogen and oxygen atoms in total. The number of fused-ring (bicyclic) bond motifs is 2. The van der Waals surface area contributed by atoms with E-state index in [1.807, 2.05) is 0 Å². The van der Waals surface area contributed by atoms with E-state index in [2.05, 4.69) is 54.8 Å². The van der Waals surface area contributed by atoms with Gasteiger partial charge in [-0.1, -0.05) is 20.8 Å². The molecule has 0 radical (unpaired) electrons. The van der Waals surface area contributed by atoms with Gasteiger partial charge in [0.1, 0.15) is 0 Å². The summed E-state index contributed by atoms with van der Waals surface area (Å²) in [5.74, 6) is 2.36. The predicted molar refractivity (Wildman–Crippen MR) is 116 cm³/mol. The minimum Gasteiger partial charge on any atom is -0.332 e. The Morgan fingerprint density at radius 2 is 1.57 bits per heavy atom. The predicted octanol–water partition coefficient (Wildman–Crippen LogP) is 3.76. The molecular formula is C23H39N5. The third kappa shape index (κ3) is 4.20. The number of anilines is 1. The Morgan fingerprint density at radius 3 is 2.11 bits per heavy atom. The van der Waals surface area contributed by atoms with Gasteiger partial charge in [0.2, 0.25) is 5.95 Å². The number of likely N-dealkylation sites (tertiary alicyclic amines) is 2. The maximum Gasteiger partial charge on any atom is 0.225 e. The van der Waals surface area contributed by atoms with Crippen molar-refractivity contribution in [2.45, 2.75) is 83.8 Å². The number of piperidine rings is 1. The van der Waals surface area contributed by atoms with Crippen molar-refractivity contribution >= 4 is 5.95 Å². The normalized spacial score (nSPS) is 28.2. The third-order valence-electron chi connectivity index (χ3n) is 7.30. The lowest BCUT2D eigenvalue weighted by Gasteiger charge is -2.43. The molecular weight excluding hydrogens is 346 g/mol. The van der Waals surface area contributed by atoms with Gasteiger partial charge in [0.15, 0.2) is 0 Å². The zero-order valence-corrected chi connectivity index (χ0v) is 18.3. The van der Waals surface area contributed by atoms with Crippen molar-refractivity contribution in [3.63, 3.8) is 0 Å². The van der Waals surface area contributed by atoms with Crippen molar-refractivity contribution in [2.75, 3.05) is 37.6 Å². The van der Waals surface area contributed by atoms with Crippen molar-refractivity contribution in [3.8, 4) is 0 Å². The molecule has 3 fully saturated rings. The molecule has 0 saturated carbocycles. The summed E-state index contributed by atoms with van der Waals surface area (Å²) in [5.41, 5.74) is 1.35. The van der Waals surface area contributed by atoms with Crippen LogP contribution in [0.4, 0.5) is 5.95 Å². The first-order valence-electron chi connectivity index (χ1n) is 11.6. The summed E-state index contributed by atoms with van der Waals surface area (Å²) >= 11 is 0. The molecule has 5 heteroatoms. The molecule has 3 unspecified atom stereocenters. The van der Waals surface area contributed by atoms with Crippen LogP contribution in [-0.2, 0) is 0 Å². The Hall–Kier alpha value is -1.20. The number of aromatic nitrogens is 2. The minimum absolute atomic E-state index is 0.595. The molecule has 3 aliphatic heterocycles. The molecule has 3 atom stereocenters. The van der Waals surface area contributed by atoms with E-state index in [0.29, 0.717) is 24.0 Å². The maximum absolute atomic E-state index is 4.86. The van der Waals surface area contributed by atoms with Gasteiger partial charge in [-0.25, -0.2) is 9.97 Å². The van der Waals surface area contributed by atoms with Gasteiger partial charge < -0.3 is 9.80 Å². The van der Waals surface area contributed by atoms with Crippen LogP contribution < -0.4 is 4.90 Å². The third-order valence-corrected chi connectivity index (χ3v) is 7.30. The molecule has 28 heavy (non-hydrogen) atoms. The average Bonchev–Trinajstić information content (AvgIpc) is 2.97. The summed E-state index contributed by atoms with van der Waals surface area (Å²) in [6.07, 6.45) is 10.6.